The number of aromatic nitrogens is 1. The van der Waals surface area contributed by atoms with E-state index in [4.69, 9.17) is 4.74 Å². The topological polar surface area (TPSA) is 37.4 Å². The smallest absolute Gasteiger partial charge is 0.171 e. The molecule has 4 nitrogen and oxygen atoms in total. The van der Waals surface area contributed by atoms with Gasteiger partial charge in [-0.15, -0.1) is 0 Å². The molecule has 2 heterocycles. The van der Waals surface area contributed by atoms with Crippen LogP contribution in [0.3, 0.4) is 0 Å². The van der Waals surface area contributed by atoms with Crippen molar-refractivity contribution in [3.8, 4) is 5.75 Å². The van der Waals surface area contributed by atoms with Gasteiger partial charge in [-0.1, -0.05) is 6.92 Å². The van der Waals surface area contributed by atoms with Crippen LogP contribution in [0, 0.1) is 0 Å². The number of hydrogen-bond donors (Lipinski definition) is 1. The molecule has 0 amide bonds. The number of anilines is 1. The molecule has 1 saturated heterocycles. The molecule has 0 radical (unpaired) electrons. The Hall–Kier alpha value is -1.29. The molecule has 2 unspecified atom stereocenters. The highest BCUT2D eigenvalue weighted by Gasteiger charge is 2.29. The molecule has 0 saturated carbocycles. The summed E-state index contributed by atoms with van der Waals surface area (Å²) in [4.78, 5) is 7.05. The van der Waals surface area contributed by atoms with Crippen LogP contribution in [0.2, 0.25) is 0 Å². The summed E-state index contributed by atoms with van der Waals surface area (Å²) >= 11 is 0. The number of ether oxygens (including phenoxy) is 1. The number of nitrogens with one attached hydrogen (secondary N) is 1. The van der Waals surface area contributed by atoms with Gasteiger partial charge in [0.05, 0.1) is 6.61 Å². The molecule has 118 valence electrons. The third-order valence-electron chi connectivity index (χ3n) is 4.17. The highest BCUT2D eigenvalue weighted by atomic mass is 16.5. The molecule has 0 aliphatic carbocycles. The van der Waals surface area contributed by atoms with Crippen LogP contribution in [0.25, 0.3) is 0 Å². The van der Waals surface area contributed by atoms with Gasteiger partial charge >= 0.3 is 0 Å². The second-order valence-corrected chi connectivity index (χ2v) is 5.76. The van der Waals surface area contributed by atoms with Crippen LogP contribution in [0.4, 0.5) is 5.82 Å². The monoisotopic (exact) mass is 291 g/mol. The molecule has 2 atom stereocenters. The van der Waals surface area contributed by atoms with Crippen LogP contribution < -0.4 is 15.0 Å². The maximum atomic E-state index is 5.77. The minimum atomic E-state index is 0.474. The van der Waals surface area contributed by atoms with Crippen LogP contribution in [-0.4, -0.2) is 36.8 Å². The van der Waals surface area contributed by atoms with Crippen LogP contribution in [0.1, 0.15) is 46.5 Å². The summed E-state index contributed by atoms with van der Waals surface area (Å²) in [5.74, 6) is 1.92. The molecule has 1 aliphatic rings. The zero-order valence-corrected chi connectivity index (χ0v) is 13.6. The minimum Gasteiger partial charge on any atom is -0.490 e. The first-order valence-electron chi connectivity index (χ1n) is 8.35. The number of hydrogen-bond acceptors (Lipinski definition) is 4. The Labute approximate surface area is 128 Å². The average Bonchev–Trinajstić information content (AvgIpc) is 2.53. The summed E-state index contributed by atoms with van der Waals surface area (Å²) in [7, 11) is 0. The van der Waals surface area contributed by atoms with E-state index in [0.717, 1.165) is 24.7 Å². The van der Waals surface area contributed by atoms with Crippen molar-refractivity contribution in [2.45, 2.75) is 58.5 Å². The van der Waals surface area contributed by atoms with E-state index in [0.29, 0.717) is 18.7 Å². The van der Waals surface area contributed by atoms with Crippen molar-refractivity contribution < 1.29 is 4.74 Å². The van der Waals surface area contributed by atoms with Gasteiger partial charge in [0, 0.05) is 24.8 Å². The van der Waals surface area contributed by atoms with Gasteiger partial charge in [0.1, 0.15) is 0 Å². The second kappa shape index (κ2) is 8.23. The van der Waals surface area contributed by atoms with Crippen molar-refractivity contribution in [1.29, 1.82) is 0 Å². The Morgan fingerprint density at radius 1 is 1.43 bits per heavy atom. The maximum Gasteiger partial charge on any atom is 0.171 e. The molecular formula is C17H29N3O. The number of rotatable bonds is 7. The highest BCUT2D eigenvalue weighted by Crippen LogP contribution is 2.32. The first kappa shape index (κ1) is 16.1. The van der Waals surface area contributed by atoms with Crippen molar-refractivity contribution in [2.75, 3.05) is 24.6 Å². The Kier molecular flexibility index (Phi) is 6.30. The minimum absolute atomic E-state index is 0.474. The Bertz CT molecular complexity index is 424. The molecule has 1 aliphatic heterocycles. The van der Waals surface area contributed by atoms with E-state index >= 15 is 0 Å². The Balaban J connectivity index is 2.18. The number of pyridine rings is 1. The molecule has 21 heavy (non-hydrogen) atoms. The van der Waals surface area contributed by atoms with Gasteiger partial charge in [-0.2, -0.15) is 0 Å². The van der Waals surface area contributed by atoms with Gasteiger partial charge in [-0.3, -0.25) is 0 Å². The lowest BCUT2D eigenvalue weighted by Gasteiger charge is -2.40. The van der Waals surface area contributed by atoms with Crippen LogP contribution in [0.15, 0.2) is 18.3 Å². The van der Waals surface area contributed by atoms with Gasteiger partial charge < -0.3 is 15.0 Å². The molecule has 1 aromatic heterocycles. The molecular weight excluding hydrogens is 262 g/mol. The SMILES string of the molecule is CCCNC(C)C1CCCCN1c1ncccc1OCC. The molecule has 1 aromatic rings. The normalized spacial score (nSPS) is 20.3. The lowest BCUT2D eigenvalue weighted by Crippen LogP contribution is -2.51. The van der Waals surface area contributed by atoms with Crippen molar-refractivity contribution in [1.82, 2.24) is 10.3 Å². The van der Waals surface area contributed by atoms with Gasteiger partial charge in [-0.05, 0) is 58.2 Å². The van der Waals surface area contributed by atoms with Crippen LogP contribution in [-0.2, 0) is 0 Å². The fraction of sp³-hybridized carbons (Fsp3) is 0.706. The number of nitrogens with zero attached hydrogens (tertiary/aromatic N) is 2. The predicted molar refractivity (Wildman–Crippen MR) is 88.1 cm³/mol. The summed E-state index contributed by atoms with van der Waals surface area (Å²) in [6.45, 7) is 9.36. The lowest BCUT2D eigenvalue weighted by molar-refractivity contribution is 0.328. The van der Waals surface area contributed by atoms with Crippen molar-refractivity contribution in [3.05, 3.63) is 18.3 Å². The van der Waals surface area contributed by atoms with E-state index in [1.807, 2.05) is 25.3 Å². The van der Waals surface area contributed by atoms with E-state index < -0.39 is 0 Å². The molecule has 1 fully saturated rings. The molecule has 4 heteroatoms. The van der Waals surface area contributed by atoms with Crippen molar-refractivity contribution in [2.24, 2.45) is 0 Å². The van der Waals surface area contributed by atoms with Gasteiger partial charge in [-0.25, -0.2) is 4.98 Å². The Morgan fingerprint density at radius 2 is 2.29 bits per heavy atom. The fourth-order valence-electron chi connectivity index (χ4n) is 3.11. The maximum absolute atomic E-state index is 5.77. The summed E-state index contributed by atoms with van der Waals surface area (Å²) in [6, 6.07) is 4.95. The number of piperidine rings is 1. The summed E-state index contributed by atoms with van der Waals surface area (Å²) in [5, 5.41) is 3.64. The standard InChI is InChI=1S/C17H29N3O/c1-4-11-18-14(3)15-9-6-7-13-20(15)17-16(21-5-2)10-8-12-19-17/h8,10,12,14-15,18H,4-7,9,11,13H2,1-3H3. The molecule has 0 bridgehead atoms. The first-order chi connectivity index (χ1) is 10.3. The van der Waals surface area contributed by atoms with Gasteiger partial charge in [0.25, 0.3) is 0 Å². The predicted octanol–water partition coefficient (Wildman–Crippen LogP) is 3.23. The quantitative estimate of drug-likeness (QED) is 0.837. The molecule has 0 aromatic carbocycles. The van der Waals surface area contributed by atoms with Crippen molar-refractivity contribution in [3.63, 3.8) is 0 Å². The average molecular weight is 291 g/mol. The summed E-state index contributed by atoms with van der Waals surface area (Å²) < 4.78 is 5.77. The van der Waals surface area contributed by atoms with E-state index in [-0.39, 0.29) is 0 Å². The molecule has 1 N–H and O–H groups in total. The van der Waals surface area contributed by atoms with Crippen molar-refractivity contribution >= 4 is 5.82 Å². The molecule has 0 spiro atoms. The first-order valence-corrected chi connectivity index (χ1v) is 8.35. The third-order valence-corrected chi connectivity index (χ3v) is 4.17. The summed E-state index contributed by atoms with van der Waals surface area (Å²) in [6.07, 6.45) is 6.80. The van der Waals surface area contributed by atoms with E-state index in [1.54, 1.807) is 0 Å². The second-order valence-electron chi connectivity index (χ2n) is 5.76. The molecule has 2 rings (SSSR count). The van der Waals surface area contributed by atoms with Gasteiger partial charge in [0.2, 0.25) is 0 Å². The summed E-state index contributed by atoms with van der Waals surface area (Å²) in [5.41, 5.74) is 0. The van der Waals surface area contributed by atoms with Crippen LogP contribution >= 0.6 is 0 Å². The Morgan fingerprint density at radius 3 is 3.05 bits per heavy atom. The van der Waals surface area contributed by atoms with E-state index in [1.165, 1.54) is 25.7 Å². The van der Waals surface area contributed by atoms with Gasteiger partial charge in [0.15, 0.2) is 11.6 Å². The largest absolute Gasteiger partial charge is 0.490 e. The van der Waals surface area contributed by atoms with Crippen LogP contribution in [0.5, 0.6) is 5.75 Å². The highest BCUT2D eigenvalue weighted by molar-refractivity contribution is 5.53. The fourth-order valence-corrected chi connectivity index (χ4v) is 3.11. The zero-order valence-electron chi connectivity index (χ0n) is 13.6. The van der Waals surface area contributed by atoms with E-state index in [2.05, 4.69) is 29.0 Å². The van der Waals surface area contributed by atoms with E-state index in [9.17, 15) is 0 Å². The third kappa shape index (κ3) is 4.10. The zero-order chi connectivity index (χ0) is 15.1. The lowest BCUT2D eigenvalue weighted by atomic mass is 9.96.